The van der Waals surface area contributed by atoms with Crippen LogP contribution in [0.5, 0.6) is 11.5 Å². The molecule has 0 aliphatic carbocycles. The molecule has 0 bridgehead atoms. The SMILES string of the molecule is COc1ccc(OC)c(-c2nc(NN)cc(C(C)C)n2)c1. The Hall–Kier alpha value is -2.34. The Labute approximate surface area is 124 Å². The van der Waals surface area contributed by atoms with Gasteiger partial charge >= 0.3 is 0 Å². The summed E-state index contributed by atoms with van der Waals surface area (Å²) in [7, 11) is 3.23. The van der Waals surface area contributed by atoms with Crippen molar-refractivity contribution in [2.45, 2.75) is 19.8 Å². The predicted molar refractivity (Wildman–Crippen MR) is 82.5 cm³/mol. The summed E-state index contributed by atoms with van der Waals surface area (Å²) in [6, 6.07) is 7.34. The maximum Gasteiger partial charge on any atom is 0.165 e. The number of rotatable bonds is 5. The Morgan fingerprint density at radius 2 is 1.86 bits per heavy atom. The lowest BCUT2D eigenvalue weighted by Crippen LogP contribution is -2.11. The van der Waals surface area contributed by atoms with Gasteiger partial charge in [0.05, 0.1) is 19.8 Å². The third-order valence-electron chi connectivity index (χ3n) is 3.13. The van der Waals surface area contributed by atoms with Crippen LogP contribution < -0.4 is 20.7 Å². The molecule has 3 N–H and O–H groups in total. The molecule has 0 saturated heterocycles. The monoisotopic (exact) mass is 288 g/mol. The summed E-state index contributed by atoms with van der Waals surface area (Å²) in [6.45, 7) is 4.13. The molecule has 1 aromatic heterocycles. The second-order valence-electron chi connectivity index (χ2n) is 4.87. The van der Waals surface area contributed by atoms with Gasteiger partial charge in [0.1, 0.15) is 17.3 Å². The van der Waals surface area contributed by atoms with E-state index in [9.17, 15) is 0 Å². The minimum Gasteiger partial charge on any atom is -0.497 e. The van der Waals surface area contributed by atoms with Gasteiger partial charge in [-0.25, -0.2) is 15.8 Å². The summed E-state index contributed by atoms with van der Waals surface area (Å²) in [5.41, 5.74) is 4.24. The highest BCUT2D eigenvalue weighted by Crippen LogP contribution is 2.32. The number of nitrogen functional groups attached to an aromatic ring is 1. The van der Waals surface area contributed by atoms with Gasteiger partial charge in [0.25, 0.3) is 0 Å². The van der Waals surface area contributed by atoms with E-state index >= 15 is 0 Å². The van der Waals surface area contributed by atoms with Crippen molar-refractivity contribution in [3.05, 3.63) is 30.0 Å². The minimum atomic E-state index is 0.260. The first-order valence-corrected chi connectivity index (χ1v) is 6.67. The lowest BCUT2D eigenvalue weighted by atomic mass is 10.1. The van der Waals surface area contributed by atoms with E-state index in [1.165, 1.54) is 0 Å². The van der Waals surface area contributed by atoms with Crippen molar-refractivity contribution in [2.24, 2.45) is 5.84 Å². The van der Waals surface area contributed by atoms with Crippen LogP contribution in [0.4, 0.5) is 5.82 Å². The van der Waals surface area contributed by atoms with E-state index in [4.69, 9.17) is 15.3 Å². The highest BCUT2D eigenvalue weighted by atomic mass is 16.5. The van der Waals surface area contributed by atoms with Crippen LogP contribution >= 0.6 is 0 Å². The van der Waals surface area contributed by atoms with Gasteiger partial charge in [-0.1, -0.05) is 13.8 Å². The number of aromatic nitrogens is 2. The second-order valence-corrected chi connectivity index (χ2v) is 4.87. The number of nitrogens with zero attached hydrogens (tertiary/aromatic N) is 2. The zero-order valence-electron chi connectivity index (χ0n) is 12.7. The van der Waals surface area contributed by atoms with Gasteiger partial charge in [0.2, 0.25) is 0 Å². The van der Waals surface area contributed by atoms with Gasteiger partial charge in [-0.3, -0.25) is 0 Å². The fraction of sp³-hybridized carbons (Fsp3) is 0.333. The fourth-order valence-electron chi connectivity index (χ4n) is 1.94. The van der Waals surface area contributed by atoms with E-state index in [1.54, 1.807) is 14.2 Å². The van der Waals surface area contributed by atoms with E-state index in [0.29, 0.717) is 23.1 Å². The number of benzene rings is 1. The molecule has 0 radical (unpaired) electrons. The number of anilines is 1. The predicted octanol–water partition coefficient (Wildman–Crippen LogP) is 2.57. The number of ether oxygens (including phenoxy) is 2. The average Bonchev–Trinajstić information content (AvgIpc) is 2.53. The van der Waals surface area contributed by atoms with Crippen molar-refractivity contribution >= 4 is 5.82 Å². The number of nitrogens with one attached hydrogen (secondary N) is 1. The largest absolute Gasteiger partial charge is 0.497 e. The van der Waals surface area contributed by atoms with Gasteiger partial charge in [0.15, 0.2) is 5.82 Å². The van der Waals surface area contributed by atoms with Crippen LogP contribution in [-0.2, 0) is 0 Å². The summed E-state index contributed by atoms with van der Waals surface area (Å²) < 4.78 is 10.6. The number of hydrazine groups is 1. The van der Waals surface area contributed by atoms with Gasteiger partial charge < -0.3 is 14.9 Å². The zero-order chi connectivity index (χ0) is 15.4. The van der Waals surface area contributed by atoms with Crippen LogP contribution in [0.3, 0.4) is 0 Å². The summed E-state index contributed by atoms with van der Waals surface area (Å²) in [5, 5.41) is 0. The highest BCUT2D eigenvalue weighted by Gasteiger charge is 2.14. The first-order chi connectivity index (χ1) is 10.1. The third kappa shape index (κ3) is 3.22. The van der Waals surface area contributed by atoms with Crippen LogP contribution in [0.25, 0.3) is 11.4 Å². The fourth-order valence-corrected chi connectivity index (χ4v) is 1.94. The normalized spacial score (nSPS) is 10.6. The lowest BCUT2D eigenvalue weighted by molar-refractivity contribution is 0.404. The van der Waals surface area contributed by atoms with Crippen LogP contribution in [-0.4, -0.2) is 24.2 Å². The van der Waals surface area contributed by atoms with Crippen molar-refractivity contribution in [1.29, 1.82) is 0 Å². The molecule has 0 spiro atoms. The van der Waals surface area contributed by atoms with Gasteiger partial charge in [0, 0.05) is 11.8 Å². The first-order valence-electron chi connectivity index (χ1n) is 6.67. The second kappa shape index (κ2) is 6.41. The summed E-state index contributed by atoms with van der Waals surface area (Å²) in [4.78, 5) is 9.00. The zero-order valence-corrected chi connectivity index (χ0v) is 12.7. The summed E-state index contributed by atoms with van der Waals surface area (Å²) in [5.74, 6) is 8.26. The van der Waals surface area contributed by atoms with Crippen molar-refractivity contribution in [3.8, 4) is 22.9 Å². The van der Waals surface area contributed by atoms with Crippen LogP contribution in [0, 0.1) is 0 Å². The topological polar surface area (TPSA) is 82.3 Å². The van der Waals surface area contributed by atoms with E-state index in [2.05, 4.69) is 29.2 Å². The Morgan fingerprint density at radius 1 is 1.10 bits per heavy atom. The van der Waals surface area contributed by atoms with Crippen LogP contribution in [0.15, 0.2) is 24.3 Å². The summed E-state index contributed by atoms with van der Waals surface area (Å²) in [6.07, 6.45) is 0. The molecule has 2 aromatic rings. The van der Waals surface area contributed by atoms with E-state index < -0.39 is 0 Å². The molecule has 6 heteroatoms. The maximum absolute atomic E-state index is 5.50. The molecule has 0 aliphatic heterocycles. The van der Waals surface area contributed by atoms with E-state index in [1.807, 2.05) is 24.3 Å². The molecule has 0 unspecified atom stereocenters. The van der Waals surface area contributed by atoms with Crippen LogP contribution in [0.1, 0.15) is 25.5 Å². The Kier molecular flexibility index (Phi) is 4.59. The number of nitrogens with two attached hydrogens (primary N) is 1. The molecule has 0 atom stereocenters. The van der Waals surface area contributed by atoms with E-state index in [-0.39, 0.29) is 5.92 Å². The molecule has 0 saturated carbocycles. The molecule has 6 nitrogen and oxygen atoms in total. The van der Waals surface area contributed by atoms with Gasteiger partial charge in [-0.15, -0.1) is 0 Å². The molecule has 112 valence electrons. The molecule has 2 rings (SSSR count). The van der Waals surface area contributed by atoms with Crippen LogP contribution in [0.2, 0.25) is 0 Å². The minimum absolute atomic E-state index is 0.260. The number of hydrogen-bond donors (Lipinski definition) is 2. The van der Waals surface area contributed by atoms with E-state index in [0.717, 1.165) is 11.3 Å². The van der Waals surface area contributed by atoms with Crippen molar-refractivity contribution in [2.75, 3.05) is 19.6 Å². The molecule has 1 heterocycles. The third-order valence-corrected chi connectivity index (χ3v) is 3.13. The Bertz CT molecular complexity index is 629. The lowest BCUT2D eigenvalue weighted by Gasteiger charge is -2.13. The highest BCUT2D eigenvalue weighted by molar-refractivity contribution is 5.67. The van der Waals surface area contributed by atoms with Crippen molar-refractivity contribution in [1.82, 2.24) is 9.97 Å². The average molecular weight is 288 g/mol. The molecule has 0 aliphatic rings. The molecular weight excluding hydrogens is 268 g/mol. The van der Waals surface area contributed by atoms with Gasteiger partial charge in [-0.2, -0.15) is 0 Å². The molecule has 21 heavy (non-hydrogen) atoms. The Morgan fingerprint density at radius 3 is 2.43 bits per heavy atom. The maximum atomic E-state index is 5.50. The first kappa shape index (κ1) is 15.1. The molecular formula is C15H20N4O2. The smallest absolute Gasteiger partial charge is 0.165 e. The number of hydrogen-bond acceptors (Lipinski definition) is 6. The quantitative estimate of drug-likeness (QED) is 0.650. The van der Waals surface area contributed by atoms with Gasteiger partial charge in [-0.05, 0) is 24.1 Å². The molecule has 0 fully saturated rings. The standard InChI is InChI=1S/C15H20N4O2/c1-9(2)12-8-14(19-16)18-15(17-12)11-7-10(20-3)5-6-13(11)21-4/h5-9H,16H2,1-4H3,(H,17,18,19). The molecule has 0 amide bonds. The molecule has 1 aromatic carbocycles. The summed E-state index contributed by atoms with van der Waals surface area (Å²) >= 11 is 0. The van der Waals surface area contributed by atoms with Crippen molar-refractivity contribution in [3.63, 3.8) is 0 Å². The Balaban J connectivity index is 2.62. The van der Waals surface area contributed by atoms with Crippen molar-refractivity contribution < 1.29 is 9.47 Å². The number of methoxy groups -OCH3 is 2.